The van der Waals surface area contributed by atoms with Gasteiger partial charge in [0.05, 0.1) is 0 Å². The Morgan fingerprint density at radius 3 is 2.05 bits per heavy atom. The fourth-order valence-corrected chi connectivity index (χ4v) is 4.21. The highest BCUT2D eigenvalue weighted by Crippen LogP contribution is 2.53. The van der Waals surface area contributed by atoms with Crippen molar-refractivity contribution in [1.29, 1.82) is 0 Å². The fraction of sp³-hybridized carbons (Fsp3) is 0.500. The molecule has 0 aromatic heterocycles. The lowest BCUT2D eigenvalue weighted by Gasteiger charge is -2.28. The van der Waals surface area contributed by atoms with Gasteiger partial charge in [-0.3, -0.25) is 0 Å². The van der Waals surface area contributed by atoms with E-state index in [1.54, 1.807) is 35.5 Å². The molecule has 0 saturated heterocycles. The molecular formula is C20H24. The minimum Gasteiger partial charge on any atom is -0.0527 e. The Morgan fingerprint density at radius 2 is 1.30 bits per heavy atom. The Balaban J connectivity index is 1.26. The van der Waals surface area contributed by atoms with Crippen LogP contribution in [0.5, 0.6) is 0 Å². The first-order chi connectivity index (χ1) is 9.90. The first-order valence-corrected chi connectivity index (χ1v) is 8.44. The smallest absolute Gasteiger partial charge is 0.00998 e. The van der Waals surface area contributed by atoms with Gasteiger partial charge in [-0.2, -0.15) is 0 Å². The Bertz CT molecular complexity index is 306. The van der Waals surface area contributed by atoms with Crippen molar-refractivity contribution >= 4 is 0 Å². The zero-order valence-electron chi connectivity index (χ0n) is 12.4. The molecule has 0 N–H and O–H groups in total. The molecule has 0 bridgehead atoms. The van der Waals surface area contributed by atoms with E-state index in [0.29, 0.717) is 0 Å². The summed E-state index contributed by atoms with van der Waals surface area (Å²) < 4.78 is 0. The van der Waals surface area contributed by atoms with E-state index >= 15 is 0 Å². The summed E-state index contributed by atoms with van der Waals surface area (Å²) in [6.45, 7) is 0. The monoisotopic (exact) mass is 264 g/mol. The van der Waals surface area contributed by atoms with Gasteiger partial charge in [0.25, 0.3) is 0 Å². The van der Waals surface area contributed by atoms with Crippen LogP contribution < -0.4 is 0 Å². The van der Waals surface area contributed by atoms with Gasteiger partial charge in [0.1, 0.15) is 0 Å². The normalized spacial score (nSPS) is 31.8. The van der Waals surface area contributed by atoms with Crippen LogP contribution in [0.25, 0.3) is 0 Å². The van der Waals surface area contributed by atoms with E-state index < -0.39 is 0 Å². The molecular weight excluding hydrogens is 240 g/mol. The lowest BCUT2D eigenvalue weighted by molar-refractivity contribution is 0.580. The van der Waals surface area contributed by atoms with Crippen molar-refractivity contribution in [1.82, 2.24) is 0 Å². The topological polar surface area (TPSA) is 0 Å². The summed E-state index contributed by atoms with van der Waals surface area (Å²) >= 11 is 0. The Hall–Kier alpha value is 0. The molecule has 0 heterocycles. The van der Waals surface area contributed by atoms with E-state index in [1.165, 1.54) is 64.2 Å². The Morgan fingerprint density at radius 1 is 0.650 bits per heavy atom. The highest BCUT2D eigenvalue weighted by Gasteiger charge is 2.41. The summed E-state index contributed by atoms with van der Waals surface area (Å²) in [5.74, 6) is 9.87. The number of fused-ring (bicyclic) bond motifs is 2. The Kier molecular flexibility index (Phi) is 4.10. The van der Waals surface area contributed by atoms with Crippen molar-refractivity contribution in [2.24, 2.45) is 0 Å². The summed E-state index contributed by atoms with van der Waals surface area (Å²) in [7, 11) is 0. The molecule has 10 radical (unpaired) electrons. The highest BCUT2D eigenvalue weighted by molar-refractivity contribution is 5.53. The largest absolute Gasteiger partial charge is 0.0527 e. The third kappa shape index (κ3) is 2.69. The van der Waals surface area contributed by atoms with E-state index in [9.17, 15) is 0 Å². The van der Waals surface area contributed by atoms with E-state index in [4.69, 9.17) is 0 Å². The second-order valence-electron chi connectivity index (χ2n) is 6.69. The minimum atomic E-state index is 1.24. The molecule has 4 aliphatic carbocycles. The van der Waals surface area contributed by atoms with Crippen LogP contribution in [0.4, 0.5) is 0 Å². The van der Waals surface area contributed by atoms with Gasteiger partial charge >= 0.3 is 0 Å². The molecule has 4 saturated carbocycles. The Labute approximate surface area is 126 Å². The van der Waals surface area contributed by atoms with Crippen molar-refractivity contribution in [3.63, 3.8) is 0 Å². The molecule has 0 atom stereocenters. The number of hydrogen-bond donors (Lipinski definition) is 0. The van der Waals surface area contributed by atoms with E-state index in [0.717, 1.165) is 0 Å². The highest BCUT2D eigenvalue weighted by atomic mass is 14.4. The summed E-state index contributed by atoms with van der Waals surface area (Å²) in [5, 5.41) is 0. The molecule has 0 aromatic rings. The van der Waals surface area contributed by atoms with E-state index in [-0.39, 0.29) is 0 Å². The van der Waals surface area contributed by atoms with E-state index in [2.05, 4.69) is 25.7 Å². The van der Waals surface area contributed by atoms with Crippen molar-refractivity contribution < 1.29 is 0 Å². The molecule has 0 spiro atoms. The number of rotatable bonds is 3. The third-order valence-corrected chi connectivity index (χ3v) is 5.34. The van der Waals surface area contributed by atoms with Gasteiger partial charge in [-0.15, -0.1) is 0 Å². The van der Waals surface area contributed by atoms with Gasteiger partial charge in [0, 0.05) is 0 Å². The zero-order chi connectivity index (χ0) is 13.4. The fourth-order valence-electron chi connectivity index (χ4n) is 4.21. The van der Waals surface area contributed by atoms with Gasteiger partial charge in [-0.05, 0) is 99.7 Å². The first kappa shape index (κ1) is 13.6. The second-order valence-corrected chi connectivity index (χ2v) is 6.69. The van der Waals surface area contributed by atoms with Crippen molar-refractivity contribution in [2.75, 3.05) is 0 Å². The maximum Gasteiger partial charge on any atom is -0.00998 e. The van der Waals surface area contributed by atoms with Crippen molar-refractivity contribution in [2.45, 2.75) is 64.2 Å². The third-order valence-electron chi connectivity index (χ3n) is 5.34. The molecule has 0 heteroatoms. The molecule has 20 heavy (non-hydrogen) atoms. The predicted molar refractivity (Wildman–Crippen MR) is 82.8 cm³/mol. The lowest BCUT2D eigenvalue weighted by Crippen LogP contribution is -2.15. The van der Waals surface area contributed by atoms with Crippen LogP contribution in [0, 0.1) is 61.2 Å². The van der Waals surface area contributed by atoms with Gasteiger partial charge < -0.3 is 0 Å². The molecule has 0 unspecified atom stereocenters. The molecule has 104 valence electrons. The van der Waals surface area contributed by atoms with Gasteiger partial charge in [-0.1, -0.05) is 25.7 Å². The van der Waals surface area contributed by atoms with Crippen LogP contribution in [0.1, 0.15) is 64.2 Å². The van der Waals surface area contributed by atoms with Crippen molar-refractivity contribution in [3.05, 3.63) is 61.2 Å². The van der Waals surface area contributed by atoms with Crippen molar-refractivity contribution in [3.8, 4) is 0 Å². The minimum absolute atomic E-state index is 1.24. The average Bonchev–Trinajstić information content (AvgIpc) is 3.08. The van der Waals surface area contributed by atoms with Gasteiger partial charge in [-0.25, -0.2) is 0 Å². The van der Waals surface area contributed by atoms with Crippen LogP contribution in [-0.2, 0) is 0 Å². The molecule has 4 fully saturated rings. The molecule has 4 aliphatic rings. The number of hydrogen-bond acceptors (Lipinski definition) is 0. The van der Waals surface area contributed by atoms with Crippen LogP contribution >= 0.6 is 0 Å². The van der Waals surface area contributed by atoms with E-state index in [1.807, 2.05) is 0 Å². The SMILES string of the molecule is [CH]1[C](CC[C]2[CH][CH][C]3CCCC[C]32)[CH][C]2CCCC[C]12. The van der Waals surface area contributed by atoms with Gasteiger partial charge in [0.2, 0.25) is 0 Å². The predicted octanol–water partition coefficient (Wildman–Crippen LogP) is 5.21. The summed E-state index contributed by atoms with van der Waals surface area (Å²) in [5.41, 5.74) is 0. The first-order valence-electron chi connectivity index (χ1n) is 8.44. The summed E-state index contributed by atoms with van der Waals surface area (Å²) in [6, 6.07) is 0. The molecule has 0 amide bonds. The quantitative estimate of drug-likeness (QED) is 0.656. The molecule has 4 rings (SSSR count). The molecule has 0 aliphatic heterocycles. The maximum absolute atomic E-state index is 2.49. The lowest BCUT2D eigenvalue weighted by atomic mass is 9.76. The average molecular weight is 264 g/mol. The standard InChI is InChI=1S/C20H24/c1-2-7-19-14-15(13-18(19)6-1)9-10-17-12-11-16-5-3-4-8-20(16)17/h11-14H,1-10H2. The molecule has 0 aromatic carbocycles. The summed E-state index contributed by atoms with van der Waals surface area (Å²) in [6.07, 6.45) is 23.1. The van der Waals surface area contributed by atoms with Crippen LogP contribution in [-0.4, -0.2) is 0 Å². The maximum atomic E-state index is 2.49. The second kappa shape index (κ2) is 6.01. The zero-order valence-corrected chi connectivity index (χ0v) is 12.4. The van der Waals surface area contributed by atoms with Crippen LogP contribution in [0.3, 0.4) is 0 Å². The van der Waals surface area contributed by atoms with Crippen LogP contribution in [0.15, 0.2) is 0 Å². The van der Waals surface area contributed by atoms with Crippen LogP contribution in [0.2, 0.25) is 0 Å². The van der Waals surface area contributed by atoms with Gasteiger partial charge in [0.15, 0.2) is 0 Å². The molecule has 0 nitrogen and oxygen atoms in total. The summed E-state index contributed by atoms with van der Waals surface area (Å²) in [4.78, 5) is 0.